The maximum Gasteiger partial charge on any atom is -0.0215 e. The normalized spacial score (nSPS) is 14.2. The van der Waals surface area contributed by atoms with E-state index < -0.39 is 0 Å². The van der Waals surface area contributed by atoms with Gasteiger partial charge in [-0.1, -0.05) is 24.6 Å². The molecule has 0 N–H and O–H groups in total. The van der Waals surface area contributed by atoms with Gasteiger partial charge in [0.05, 0.1) is 0 Å². The van der Waals surface area contributed by atoms with E-state index in [1.807, 2.05) is 13.0 Å². The Balaban J connectivity index is 3.83. The highest BCUT2D eigenvalue weighted by Crippen LogP contribution is 2.02. The fourth-order valence-corrected chi connectivity index (χ4v) is 0.455. The second kappa shape index (κ2) is 4.68. The molecule has 52 valence electrons. The number of thiol groups is 1. The number of hydrogen-bond acceptors (Lipinski definition) is 1. The van der Waals surface area contributed by atoms with Gasteiger partial charge in [0, 0.05) is 0 Å². The fourth-order valence-electron chi connectivity index (χ4n) is 0.381. The van der Waals surface area contributed by atoms with E-state index in [2.05, 4.69) is 32.6 Å². The van der Waals surface area contributed by atoms with E-state index in [0.717, 1.165) is 11.3 Å². The Bertz CT molecular complexity index is 128. The van der Waals surface area contributed by atoms with Crippen LogP contribution < -0.4 is 0 Å². The summed E-state index contributed by atoms with van der Waals surface area (Å²) < 4.78 is 0. The highest BCUT2D eigenvalue weighted by atomic mass is 32.1. The Morgan fingerprint density at radius 3 is 2.22 bits per heavy atom. The number of hydrogen-bond donors (Lipinski definition) is 1. The van der Waals surface area contributed by atoms with Gasteiger partial charge in [0.2, 0.25) is 0 Å². The van der Waals surface area contributed by atoms with Crippen LogP contribution in [0.5, 0.6) is 0 Å². The Morgan fingerprint density at radius 2 is 1.89 bits per heavy atom. The molecule has 0 rings (SSSR count). The number of rotatable bonds is 2. The van der Waals surface area contributed by atoms with E-state index in [1.165, 1.54) is 5.57 Å². The average molecular weight is 142 g/mol. The van der Waals surface area contributed by atoms with Crippen molar-refractivity contribution in [1.29, 1.82) is 0 Å². The maximum absolute atomic E-state index is 4.13. The van der Waals surface area contributed by atoms with Crippen molar-refractivity contribution in [3.05, 3.63) is 22.6 Å². The van der Waals surface area contributed by atoms with Crippen LogP contribution in [0.3, 0.4) is 0 Å². The van der Waals surface area contributed by atoms with E-state index >= 15 is 0 Å². The molecule has 0 bridgehead atoms. The summed E-state index contributed by atoms with van der Waals surface area (Å²) in [7, 11) is 0. The zero-order valence-corrected chi connectivity index (χ0v) is 7.20. The molecule has 0 aliphatic heterocycles. The first kappa shape index (κ1) is 8.83. The van der Waals surface area contributed by atoms with Crippen LogP contribution in [0.1, 0.15) is 27.2 Å². The zero-order chi connectivity index (χ0) is 7.28. The average Bonchev–Trinajstić information content (AvgIpc) is 1.83. The van der Waals surface area contributed by atoms with Crippen molar-refractivity contribution in [3.8, 4) is 0 Å². The monoisotopic (exact) mass is 142 g/mol. The Kier molecular flexibility index (Phi) is 4.60. The highest BCUT2D eigenvalue weighted by molar-refractivity contribution is 7.84. The van der Waals surface area contributed by atoms with Crippen molar-refractivity contribution in [2.75, 3.05) is 0 Å². The van der Waals surface area contributed by atoms with Crippen LogP contribution in [-0.4, -0.2) is 0 Å². The molecule has 9 heavy (non-hydrogen) atoms. The molecule has 0 fully saturated rings. The second-order valence-corrected chi connectivity index (χ2v) is 2.88. The highest BCUT2D eigenvalue weighted by Gasteiger charge is 1.78. The third-order valence-electron chi connectivity index (χ3n) is 1.17. The Hall–Kier alpha value is -0.170. The van der Waals surface area contributed by atoms with Gasteiger partial charge in [-0.05, 0) is 25.2 Å². The first-order chi connectivity index (χ1) is 4.16. The van der Waals surface area contributed by atoms with Crippen LogP contribution in [0.25, 0.3) is 0 Å². The minimum Gasteiger partial charge on any atom is -0.148 e. The lowest BCUT2D eigenvalue weighted by molar-refractivity contribution is 1.10. The van der Waals surface area contributed by atoms with Gasteiger partial charge in [-0.2, -0.15) is 0 Å². The van der Waals surface area contributed by atoms with Crippen LogP contribution in [0, 0.1) is 0 Å². The van der Waals surface area contributed by atoms with Crippen LogP contribution in [0.15, 0.2) is 22.6 Å². The third-order valence-corrected chi connectivity index (χ3v) is 1.32. The first-order valence-electron chi connectivity index (χ1n) is 3.19. The SMILES string of the molecule is CC/C(C)=C\C=C(/C)S. The van der Waals surface area contributed by atoms with Gasteiger partial charge >= 0.3 is 0 Å². The summed E-state index contributed by atoms with van der Waals surface area (Å²) >= 11 is 4.13. The van der Waals surface area contributed by atoms with Crippen molar-refractivity contribution in [3.63, 3.8) is 0 Å². The molecular weight excluding hydrogens is 128 g/mol. The van der Waals surface area contributed by atoms with Gasteiger partial charge < -0.3 is 0 Å². The van der Waals surface area contributed by atoms with Crippen LogP contribution >= 0.6 is 12.6 Å². The molecule has 0 aliphatic carbocycles. The lowest BCUT2D eigenvalue weighted by Crippen LogP contribution is -1.67. The lowest BCUT2D eigenvalue weighted by Gasteiger charge is -1.89. The minimum atomic E-state index is 1.06. The number of allylic oxidation sites excluding steroid dienone is 4. The van der Waals surface area contributed by atoms with Crippen molar-refractivity contribution >= 4 is 12.6 Å². The van der Waals surface area contributed by atoms with Crippen LogP contribution in [-0.2, 0) is 0 Å². The van der Waals surface area contributed by atoms with Gasteiger partial charge in [-0.3, -0.25) is 0 Å². The molecular formula is C8H14S. The lowest BCUT2D eigenvalue weighted by atomic mass is 10.2. The van der Waals surface area contributed by atoms with E-state index in [1.54, 1.807) is 0 Å². The molecule has 0 amide bonds. The molecule has 0 aromatic carbocycles. The molecule has 1 heteroatoms. The molecule has 0 saturated heterocycles. The zero-order valence-electron chi connectivity index (χ0n) is 6.31. The smallest absolute Gasteiger partial charge is 0.0215 e. The Labute approximate surface area is 63.1 Å². The van der Waals surface area contributed by atoms with Crippen molar-refractivity contribution in [1.82, 2.24) is 0 Å². The largest absolute Gasteiger partial charge is 0.148 e. The molecule has 0 radical (unpaired) electrons. The molecule has 0 aliphatic rings. The van der Waals surface area contributed by atoms with E-state index in [0.29, 0.717) is 0 Å². The van der Waals surface area contributed by atoms with Gasteiger partial charge in [-0.25, -0.2) is 0 Å². The van der Waals surface area contributed by atoms with Gasteiger partial charge in [0.25, 0.3) is 0 Å². The Morgan fingerprint density at radius 1 is 1.33 bits per heavy atom. The standard InChI is InChI=1S/C8H14S/c1-4-7(2)5-6-8(3)9/h5-6,9H,4H2,1-3H3/b7-5-,8-6+. The quantitative estimate of drug-likeness (QED) is 0.444. The summed E-state index contributed by atoms with van der Waals surface area (Å²) in [5.41, 5.74) is 1.39. The first-order valence-corrected chi connectivity index (χ1v) is 3.64. The summed E-state index contributed by atoms with van der Waals surface area (Å²) in [6.07, 6.45) is 5.24. The van der Waals surface area contributed by atoms with E-state index in [-0.39, 0.29) is 0 Å². The molecule has 0 atom stereocenters. The van der Waals surface area contributed by atoms with Gasteiger partial charge in [0.15, 0.2) is 0 Å². The molecule has 0 aromatic rings. The third kappa shape index (κ3) is 5.71. The fraction of sp³-hybridized carbons (Fsp3) is 0.500. The summed E-state index contributed by atoms with van der Waals surface area (Å²) in [4.78, 5) is 1.06. The van der Waals surface area contributed by atoms with Crippen LogP contribution in [0.2, 0.25) is 0 Å². The van der Waals surface area contributed by atoms with Crippen molar-refractivity contribution in [2.45, 2.75) is 27.2 Å². The molecule has 0 nitrogen and oxygen atoms in total. The summed E-state index contributed by atoms with van der Waals surface area (Å²) in [5, 5.41) is 0. The van der Waals surface area contributed by atoms with Gasteiger partial charge in [0.1, 0.15) is 0 Å². The predicted octanol–water partition coefficient (Wildman–Crippen LogP) is 3.18. The summed E-state index contributed by atoms with van der Waals surface area (Å²) in [6.45, 7) is 6.24. The second-order valence-electron chi connectivity index (χ2n) is 2.17. The van der Waals surface area contributed by atoms with Crippen molar-refractivity contribution < 1.29 is 0 Å². The van der Waals surface area contributed by atoms with E-state index in [9.17, 15) is 0 Å². The van der Waals surface area contributed by atoms with Gasteiger partial charge in [-0.15, -0.1) is 12.6 Å². The van der Waals surface area contributed by atoms with E-state index in [4.69, 9.17) is 0 Å². The van der Waals surface area contributed by atoms with Crippen LogP contribution in [0.4, 0.5) is 0 Å². The maximum atomic E-state index is 4.13. The predicted molar refractivity (Wildman–Crippen MR) is 46.8 cm³/mol. The molecule has 0 spiro atoms. The molecule has 0 heterocycles. The van der Waals surface area contributed by atoms with Crippen molar-refractivity contribution in [2.24, 2.45) is 0 Å². The molecule has 0 saturated carbocycles. The summed E-state index contributed by atoms with van der Waals surface area (Å²) in [6, 6.07) is 0. The minimum absolute atomic E-state index is 1.06. The molecule has 0 unspecified atom stereocenters. The molecule has 0 aromatic heterocycles. The summed E-state index contributed by atoms with van der Waals surface area (Å²) in [5.74, 6) is 0. The topological polar surface area (TPSA) is 0 Å².